The van der Waals surface area contributed by atoms with E-state index >= 15 is 0 Å². The van der Waals surface area contributed by atoms with Crippen LogP contribution < -0.4 is 16.4 Å². The van der Waals surface area contributed by atoms with E-state index < -0.39 is 59.6 Å². The Balaban J connectivity index is 2.16. The zero-order valence-corrected chi connectivity index (χ0v) is 19.2. The molecule has 0 bridgehead atoms. The molecule has 0 aromatic heterocycles. The summed E-state index contributed by atoms with van der Waals surface area (Å²) in [5.74, 6) is -4.73. The Labute approximate surface area is 196 Å². The Kier molecular flexibility index (Phi) is 8.22. The number of ether oxygens (including phenoxy) is 1. The fourth-order valence-electron chi connectivity index (χ4n) is 3.56. The fraction of sp³-hybridized carbons (Fsp3) is 0.500. The van der Waals surface area contributed by atoms with Gasteiger partial charge in [0.05, 0.1) is 6.04 Å². The standard InChI is InChI=1S/C22H30N4O8/c1-21(2,3)34-20(33)25-22(19(31)32)9-10-26(18(22)30)12-15(17(28)29)24-14(16(23)27)11-13-7-5-4-6-8-13/h4-8,14-15,24H,9-12H2,1-3H3,(H2,23,27)(H,25,33)(H,28,29)(H,31,32)/t14?,15-,22+/m0/s1. The minimum atomic E-state index is -2.29. The van der Waals surface area contributed by atoms with E-state index in [9.17, 15) is 34.2 Å². The molecule has 186 valence electrons. The van der Waals surface area contributed by atoms with Crippen LogP contribution in [0.4, 0.5) is 4.79 Å². The number of carbonyl (C=O) groups is 5. The molecule has 1 saturated heterocycles. The molecule has 0 saturated carbocycles. The van der Waals surface area contributed by atoms with Gasteiger partial charge in [-0.15, -0.1) is 0 Å². The molecule has 6 N–H and O–H groups in total. The largest absolute Gasteiger partial charge is 0.480 e. The molecular weight excluding hydrogens is 448 g/mol. The normalized spacial score (nSPS) is 19.9. The number of nitrogens with two attached hydrogens (primary N) is 1. The van der Waals surface area contributed by atoms with Crippen LogP contribution in [0.15, 0.2) is 30.3 Å². The third-order valence-corrected chi connectivity index (χ3v) is 5.22. The molecule has 0 aliphatic carbocycles. The Hall–Kier alpha value is -3.67. The Morgan fingerprint density at radius 1 is 1.15 bits per heavy atom. The van der Waals surface area contributed by atoms with Crippen LogP contribution in [-0.2, 0) is 30.3 Å². The summed E-state index contributed by atoms with van der Waals surface area (Å²) in [6.07, 6.45) is -1.27. The summed E-state index contributed by atoms with van der Waals surface area (Å²) < 4.78 is 5.07. The monoisotopic (exact) mass is 478 g/mol. The van der Waals surface area contributed by atoms with E-state index in [0.717, 1.165) is 10.5 Å². The molecule has 1 aliphatic heterocycles. The second-order valence-corrected chi connectivity index (χ2v) is 9.04. The molecule has 12 nitrogen and oxygen atoms in total. The molecule has 2 rings (SSSR count). The van der Waals surface area contributed by atoms with Crippen LogP contribution in [0.2, 0.25) is 0 Å². The average Bonchev–Trinajstić information content (AvgIpc) is 3.02. The molecule has 3 amide bonds. The smallest absolute Gasteiger partial charge is 0.408 e. The number of likely N-dealkylation sites (tertiary alicyclic amines) is 1. The van der Waals surface area contributed by atoms with E-state index in [2.05, 4.69) is 10.6 Å². The number of benzene rings is 1. The van der Waals surface area contributed by atoms with Gasteiger partial charge < -0.3 is 25.6 Å². The third-order valence-electron chi connectivity index (χ3n) is 5.22. The zero-order chi connectivity index (χ0) is 25.7. The lowest BCUT2D eigenvalue weighted by Gasteiger charge is -2.28. The first-order chi connectivity index (χ1) is 15.7. The number of nitrogens with zero attached hydrogens (tertiary/aromatic N) is 1. The van der Waals surface area contributed by atoms with E-state index in [4.69, 9.17) is 10.5 Å². The average molecular weight is 479 g/mol. The third kappa shape index (κ3) is 6.67. The Morgan fingerprint density at radius 3 is 2.26 bits per heavy atom. The summed E-state index contributed by atoms with van der Waals surface area (Å²) in [5.41, 5.74) is 2.97. The van der Waals surface area contributed by atoms with Gasteiger partial charge in [-0.25, -0.2) is 9.59 Å². The number of carbonyl (C=O) groups excluding carboxylic acids is 3. The van der Waals surface area contributed by atoms with Crippen LogP contribution >= 0.6 is 0 Å². The quantitative estimate of drug-likeness (QED) is 0.281. The van der Waals surface area contributed by atoms with Crippen molar-refractivity contribution in [1.29, 1.82) is 0 Å². The number of carboxylic acids is 2. The van der Waals surface area contributed by atoms with Crippen molar-refractivity contribution in [3.63, 3.8) is 0 Å². The molecule has 1 aliphatic rings. The van der Waals surface area contributed by atoms with Crippen molar-refractivity contribution >= 4 is 29.8 Å². The highest BCUT2D eigenvalue weighted by Gasteiger charge is 2.55. The van der Waals surface area contributed by atoms with Crippen molar-refractivity contribution in [1.82, 2.24) is 15.5 Å². The lowest BCUT2D eigenvalue weighted by atomic mass is 9.98. The molecule has 1 unspecified atom stereocenters. The highest BCUT2D eigenvalue weighted by atomic mass is 16.6. The summed E-state index contributed by atoms with van der Waals surface area (Å²) in [5, 5.41) is 24.2. The van der Waals surface area contributed by atoms with Gasteiger partial charge in [-0.05, 0) is 32.8 Å². The lowest BCUT2D eigenvalue weighted by molar-refractivity contribution is -0.151. The highest BCUT2D eigenvalue weighted by Crippen LogP contribution is 2.25. The minimum Gasteiger partial charge on any atom is -0.480 e. The highest BCUT2D eigenvalue weighted by molar-refractivity contribution is 6.10. The minimum absolute atomic E-state index is 0.118. The van der Waals surface area contributed by atoms with Crippen LogP contribution in [0.1, 0.15) is 32.8 Å². The van der Waals surface area contributed by atoms with Gasteiger partial charge >= 0.3 is 18.0 Å². The summed E-state index contributed by atoms with van der Waals surface area (Å²) in [4.78, 5) is 62.0. The molecule has 1 fully saturated rings. The second-order valence-electron chi connectivity index (χ2n) is 9.04. The molecule has 0 radical (unpaired) electrons. The molecule has 0 spiro atoms. The number of hydrogen-bond donors (Lipinski definition) is 5. The van der Waals surface area contributed by atoms with Crippen molar-refractivity contribution in [3.05, 3.63) is 35.9 Å². The van der Waals surface area contributed by atoms with E-state index in [1.54, 1.807) is 51.1 Å². The maximum Gasteiger partial charge on any atom is 0.408 e. The maximum absolute atomic E-state index is 13.0. The first-order valence-electron chi connectivity index (χ1n) is 10.6. The van der Waals surface area contributed by atoms with Crippen molar-refractivity contribution in [2.45, 2.75) is 56.8 Å². The number of alkyl carbamates (subject to hydrolysis) is 1. The van der Waals surface area contributed by atoms with Crippen molar-refractivity contribution in [2.75, 3.05) is 13.1 Å². The molecule has 12 heteroatoms. The lowest BCUT2D eigenvalue weighted by Crippen LogP contribution is -2.61. The predicted molar refractivity (Wildman–Crippen MR) is 119 cm³/mol. The summed E-state index contributed by atoms with van der Waals surface area (Å²) in [7, 11) is 0. The first-order valence-corrected chi connectivity index (χ1v) is 10.6. The van der Waals surface area contributed by atoms with Gasteiger partial charge in [0, 0.05) is 19.5 Å². The maximum atomic E-state index is 13.0. The fourth-order valence-corrected chi connectivity index (χ4v) is 3.56. The van der Waals surface area contributed by atoms with Gasteiger partial charge in [0.2, 0.25) is 11.4 Å². The Bertz CT molecular complexity index is 946. The van der Waals surface area contributed by atoms with Gasteiger partial charge in [-0.1, -0.05) is 30.3 Å². The van der Waals surface area contributed by atoms with Crippen LogP contribution in [0, 0.1) is 0 Å². The second kappa shape index (κ2) is 10.5. The summed E-state index contributed by atoms with van der Waals surface area (Å²) in [6, 6.07) is 6.33. The Morgan fingerprint density at radius 2 is 1.76 bits per heavy atom. The molecule has 1 heterocycles. The van der Waals surface area contributed by atoms with Crippen molar-refractivity contribution in [2.24, 2.45) is 5.73 Å². The molecular formula is C22H30N4O8. The number of amides is 3. The number of carboxylic acid groups (broad SMARTS) is 2. The summed E-state index contributed by atoms with van der Waals surface area (Å²) >= 11 is 0. The molecule has 34 heavy (non-hydrogen) atoms. The SMILES string of the molecule is CC(C)(C)OC(=O)N[C@]1(C(=O)O)CCN(C[C@H](NC(Cc2ccccc2)C(N)=O)C(=O)O)C1=O. The van der Waals surface area contributed by atoms with Crippen LogP contribution in [0.3, 0.4) is 0 Å². The van der Waals surface area contributed by atoms with Gasteiger partial charge in [0.1, 0.15) is 11.6 Å². The number of aliphatic carboxylic acids is 2. The molecule has 1 aromatic carbocycles. The number of hydrogen-bond acceptors (Lipinski definition) is 7. The number of nitrogens with one attached hydrogen (secondary N) is 2. The van der Waals surface area contributed by atoms with Crippen LogP contribution in [0.5, 0.6) is 0 Å². The van der Waals surface area contributed by atoms with Crippen LogP contribution in [-0.4, -0.2) is 81.3 Å². The molecule has 3 atom stereocenters. The van der Waals surface area contributed by atoms with Crippen molar-refractivity contribution in [3.8, 4) is 0 Å². The van der Waals surface area contributed by atoms with E-state index in [1.165, 1.54) is 0 Å². The number of rotatable bonds is 10. The van der Waals surface area contributed by atoms with E-state index in [1.807, 2.05) is 0 Å². The topological polar surface area (TPSA) is 188 Å². The predicted octanol–water partition coefficient (Wildman–Crippen LogP) is -0.294. The van der Waals surface area contributed by atoms with Gasteiger partial charge in [0.25, 0.3) is 5.91 Å². The van der Waals surface area contributed by atoms with Gasteiger partial charge in [-0.3, -0.25) is 25.0 Å². The molecule has 1 aromatic rings. The number of primary amides is 1. The van der Waals surface area contributed by atoms with E-state index in [-0.39, 0.29) is 19.4 Å². The van der Waals surface area contributed by atoms with E-state index in [0.29, 0.717) is 0 Å². The summed E-state index contributed by atoms with van der Waals surface area (Å²) in [6.45, 7) is 4.16. The zero-order valence-electron chi connectivity index (χ0n) is 19.2. The van der Waals surface area contributed by atoms with Gasteiger partial charge in [0.15, 0.2) is 0 Å². The van der Waals surface area contributed by atoms with Crippen molar-refractivity contribution < 1.29 is 38.9 Å². The van der Waals surface area contributed by atoms with Crippen LogP contribution in [0.25, 0.3) is 0 Å². The first kappa shape index (κ1) is 26.6. The van der Waals surface area contributed by atoms with Gasteiger partial charge in [-0.2, -0.15) is 0 Å².